The highest BCUT2D eigenvalue weighted by atomic mass is 16.4. The molecule has 1 aromatic carbocycles. The quantitative estimate of drug-likeness (QED) is 0.841. The fourth-order valence-electron chi connectivity index (χ4n) is 2.27. The number of nitrogens with one attached hydrogen (secondary N) is 1. The van der Waals surface area contributed by atoms with Crippen LogP contribution in [0.5, 0.6) is 0 Å². The van der Waals surface area contributed by atoms with Gasteiger partial charge in [-0.15, -0.1) is 0 Å². The predicted octanol–water partition coefficient (Wildman–Crippen LogP) is 3.12. The minimum atomic E-state index is -0.946. The number of imidazole rings is 1. The Bertz CT molecular complexity index is 723. The molecule has 0 atom stereocenters. The number of aryl methyl sites for hydroxylation is 3. The highest BCUT2D eigenvalue weighted by Crippen LogP contribution is 2.28. The number of carbonyl (C=O) groups is 1. The van der Waals surface area contributed by atoms with Gasteiger partial charge in [-0.25, -0.2) is 16.4 Å². The molecule has 0 unspecified atom stereocenters. The van der Waals surface area contributed by atoms with Gasteiger partial charge in [-0.05, 0) is 38.0 Å². The van der Waals surface area contributed by atoms with Crippen LogP contribution in [0.3, 0.4) is 0 Å². The molecule has 2 aromatic rings. The van der Waals surface area contributed by atoms with Crippen LogP contribution in [0.2, 0.25) is 0 Å². The summed E-state index contributed by atoms with van der Waals surface area (Å²) in [6.07, 6.45) is 0. The summed E-state index contributed by atoms with van der Waals surface area (Å²) in [5.74, 6) is -0.345. The summed E-state index contributed by atoms with van der Waals surface area (Å²) in [7, 11) is 0. The van der Waals surface area contributed by atoms with Gasteiger partial charge in [0.15, 0.2) is 5.82 Å². The van der Waals surface area contributed by atoms with Crippen molar-refractivity contribution < 1.29 is 9.90 Å². The summed E-state index contributed by atoms with van der Waals surface area (Å²) in [5.41, 5.74) is 4.32. The summed E-state index contributed by atoms with van der Waals surface area (Å²) in [6, 6.07) is 3.50. The number of carboxylic acid groups (broad SMARTS) is 1. The fourth-order valence-corrected chi connectivity index (χ4v) is 2.27. The van der Waals surface area contributed by atoms with Crippen molar-refractivity contribution in [3.05, 3.63) is 51.8 Å². The lowest BCUT2D eigenvalue weighted by Crippen LogP contribution is -2.01. The third-order valence-corrected chi connectivity index (χ3v) is 3.22. The molecule has 5 nitrogen and oxygen atoms in total. The van der Waals surface area contributed by atoms with Crippen LogP contribution in [0.15, 0.2) is 12.1 Å². The van der Waals surface area contributed by atoms with Crippen LogP contribution in [-0.2, 0) is 6.54 Å². The molecule has 0 aliphatic rings. The van der Waals surface area contributed by atoms with E-state index in [9.17, 15) is 9.90 Å². The molecule has 0 bridgehead atoms. The van der Waals surface area contributed by atoms with E-state index in [0.717, 1.165) is 22.4 Å². The second-order valence-corrected chi connectivity index (χ2v) is 4.76. The number of hydrogen-bond donors (Lipinski definition) is 2. The van der Waals surface area contributed by atoms with Gasteiger partial charge < -0.3 is 14.9 Å². The number of hydrogen-bond acceptors (Lipinski definition) is 2. The van der Waals surface area contributed by atoms with Crippen molar-refractivity contribution in [1.82, 2.24) is 9.97 Å². The molecule has 1 heterocycles. The zero-order valence-electron chi connectivity index (χ0n) is 11.6. The Balaban J connectivity index is 2.61. The van der Waals surface area contributed by atoms with Crippen LogP contribution in [0, 0.1) is 27.3 Å². The molecule has 20 heavy (non-hydrogen) atoms. The molecule has 0 aliphatic carbocycles. The van der Waals surface area contributed by atoms with E-state index in [4.69, 9.17) is 6.57 Å². The van der Waals surface area contributed by atoms with Gasteiger partial charge in [0.05, 0.1) is 11.3 Å². The first-order chi connectivity index (χ1) is 9.43. The molecule has 5 heteroatoms. The maximum atomic E-state index is 11.2. The van der Waals surface area contributed by atoms with E-state index >= 15 is 0 Å². The number of carboxylic acids is 1. The van der Waals surface area contributed by atoms with E-state index in [2.05, 4.69) is 14.8 Å². The van der Waals surface area contributed by atoms with Crippen LogP contribution in [0.25, 0.3) is 16.1 Å². The Morgan fingerprint density at radius 1 is 1.35 bits per heavy atom. The molecule has 0 spiro atoms. The number of benzene rings is 1. The predicted molar refractivity (Wildman–Crippen MR) is 75.5 cm³/mol. The molecule has 0 radical (unpaired) electrons. The van der Waals surface area contributed by atoms with E-state index in [-0.39, 0.29) is 12.1 Å². The fraction of sp³-hybridized carbons (Fsp3) is 0.267. The van der Waals surface area contributed by atoms with Crippen molar-refractivity contribution in [2.45, 2.75) is 27.3 Å². The first-order valence-corrected chi connectivity index (χ1v) is 6.17. The summed E-state index contributed by atoms with van der Waals surface area (Å²) < 4.78 is 0. The van der Waals surface area contributed by atoms with Crippen molar-refractivity contribution in [1.29, 1.82) is 0 Å². The first kappa shape index (κ1) is 13.8. The van der Waals surface area contributed by atoms with E-state index in [0.29, 0.717) is 11.5 Å². The number of nitrogens with zero attached hydrogens (tertiary/aromatic N) is 2. The van der Waals surface area contributed by atoms with E-state index < -0.39 is 5.97 Å². The minimum absolute atomic E-state index is 0.192. The van der Waals surface area contributed by atoms with Crippen molar-refractivity contribution >= 4 is 5.97 Å². The van der Waals surface area contributed by atoms with Gasteiger partial charge in [-0.2, -0.15) is 0 Å². The zero-order valence-corrected chi connectivity index (χ0v) is 11.6. The highest BCUT2D eigenvalue weighted by Gasteiger charge is 2.16. The Morgan fingerprint density at radius 3 is 2.65 bits per heavy atom. The molecule has 2 rings (SSSR count). The van der Waals surface area contributed by atoms with Crippen LogP contribution in [0.4, 0.5) is 0 Å². The van der Waals surface area contributed by atoms with Gasteiger partial charge in [0, 0.05) is 11.3 Å². The molecule has 0 amide bonds. The van der Waals surface area contributed by atoms with Crippen molar-refractivity contribution in [2.75, 3.05) is 0 Å². The maximum absolute atomic E-state index is 11.2. The summed E-state index contributed by atoms with van der Waals surface area (Å²) >= 11 is 0. The van der Waals surface area contributed by atoms with Gasteiger partial charge in [0.2, 0.25) is 0 Å². The number of aromatic nitrogens is 2. The topological polar surface area (TPSA) is 70.3 Å². The minimum Gasteiger partial charge on any atom is -0.478 e. The Kier molecular flexibility index (Phi) is 3.57. The van der Waals surface area contributed by atoms with Crippen LogP contribution in [-0.4, -0.2) is 21.0 Å². The van der Waals surface area contributed by atoms with Gasteiger partial charge in [-0.1, -0.05) is 6.07 Å². The lowest BCUT2D eigenvalue weighted by atomic mass is 9.97. The van der Waals surface area contributed by atoms with Crippen molar-refractivity contribution in [3.8, 4) is 11.3 Å². The summed E-state index contributed by atoms with van der Waals surface area (Å²) in [4.78, 5) is 22.0. The zero-order chi connectivity index (χ0) is 14.9. The molecule has 102 valence electrons. The molecule has 1 aromatic heterocycles. The SMILES string of the molecule is [C-]#[N+]Cc1nc(-c2cc(C(=O)O)c(C)cc2C)c(C)[nH]1. The first-order valence-electron chi connectivity index (χ1n) is 6.17. The molecule has 0 saturated carbocycles. The average Bonchev–Trinajstić information content (AvgIpc) is 2.70. The highest BCUT2D eigenvalue weighted by molar-refractivity contribution is 5.91. The Morgan fingerprint density at radius 2 is 2.05 bits per heavy atom. The van der Waals surface area contributed by atoms with Gasteiger partial charge in [0.25, 0.3) is 6.54 Å². The number of aromatic carboxylic acids is 1. The largest absolute Gasteiger partial charge is 0.478 e. The lowest BCUT2D eigenvalue weighted by molar-refractivity contribution is 0.0696. The van der Waals surface area contributed by atoms with E-state index in [1.807, 2.05) is 19.9 Å². The molecular formula is C15H15N3O2. The summed E-state index contributed by atoms with van der Waals surface area (Å²) in [5, 5.41) is 9.22. The van der Waals surface area contributed by atoms with Crippen LogP contribution < -0.4 is 0 Å². The molecule has 2 N–H and O–H groups in total. The standard InChI is InChI=1S/C15H15N3O2/c1-8-5-9(2)12(15(19)20)6-11(8)14-10(3)17-13(18-14)7-16-4/h5-6H,7H2,1-3H3,(H,17,18)(H,19,20). The monoisotopic (exact) mass is 269 g/mol. The number of rotatable bonds is 3. The van der Waals surface area contributed by atoms with Gasteiger partial charge in [-0.3, -0.25) is 0 Å². The third kappa shape index (κ3) is 2.41. The Labute approximate surface area is 117 Å². The second-order valence-electron chi connectivity index (χ2n) is 4.76. The molecule has 0 saturated heterocycles. The van der Waals surface area contributed by atoms with Crippen molar-refractivity contribution in [2.24, 2.45) is 0 Å². The molecular weight excluding hydrogens is 254 g/mol. The lowest BCUT2D eigenvalue weighted by Gasteiger charge is -2.08. The molecule has 0 aliphatic heterocycles. The number of H-pyrrole nitrogens is 1. The van der Waals surface area contributed by atoms with E-state index in [1.54, 1.807) is 13.0 Å². The van der Waals surface area contributed by atoms with Gasteiger partial charge >= 0.3 is 5.97 Å². The smallest absolute Gasteiger partial charge is 0.335 e. The van der Waals surface area contributed by atoms with Crippen LogP contribution in [0.1, 0.15) is 33.0 Å². The van der Waals surface area contributed by atoms with E-state index in [1.165, 1.54) is 0 Å². The van der Waals surface area contributed by atoms with Gasteiger partial charge in [0.1, 0.15) is 0 Å². The maximum Gasteiger partial charge on any atom is 0.335 e. The summed E-state index contributed by atoms with van der Waals surface area (Å²) in [6.45, 7) is 12.6. The average molecular weight is 269 g/mol. The van der Waals surface area contributed by atoms with Crippen LogP contribution >= 0.6 is 0 Å². The third-order valence-electron chi connectivity index (χ3n) is 3.22. The second kappa shape index (κ2) is 5.17. The normalized spacial score (nSPS) is 10.3. The van der Waals surface area contributed by atoms with Crippen molar-refractivity contribution in [3.63, 3.8) is 0 Å². The molecule has 0 fully saturated rings. The Hall–Kier alpha value is -2.61. The number of aromatic amines is 1.